The summed E-state index contributed by atoms with van der Waals surface area (Å²) in [5, 5.41) is 0.600. The normalized spacial score (nSPS) is 11.1. The van der Waals surface area contributed by atoms with Crippen LogP contribution in [0.5, 0.6) is 0 Å². The molecule has 2 aromatic carbocycles. The first kappa shape index (κ1) is 12.5. The van der Waals surface area contributed by atoms with Gasteiger partial charge in [-0.3, -0.25) is 0 Å². The summed E-state index contributed by atoms with van der Waals surface area (Å²) in [6.45, 7) is 2.04. The molecule has 0 radical (unpaired) electrons. The number of hydrogen-bond acceptors (Lipinski definition) is 2. The van der Waals surface area contributed by atoms with E-state index in [9.17, 15) is 0 Å². The molecule has 3 aromatic rings. The Bertz CT molecular complexity index is 780. The van der Waals surface area contributed by atoms with Crippen molar-refractivity contribution in [3.05, 3.63) is 45.4 Å². The first-order chi connectivity index (χ1) is 9.06. The number of H-pyrrole nitrogens is 1. The Hall–Kier alpha value is -1.52. The monoisotopic (exact) mass is 335 g/mol. The van der Waals surface area contributed by atoms with Gasteiger partial charge in [0.25, 0.3) is 0 Å². The smallest absolute Gasteiger partial charge is 0.139 e. The number of aromatic nitrogens is 2. The Balaban J connectivity index is 2.26. The van der Waals surface area contributed by atoms with Crippen LogP contribution >= 0.6 is 27.5 Å². The van der Waals surface area contributed by atoms with Crippen LogP contribution in [0.1, 0.15) is 5.56 Å². The van der Waals surface area contributed by atoms with Crippen LogP contribution in [0.2, 0.25) is 5.02 Å². The molecule has 0 saturated heterocycles. The van der Waals surface area contributed by atoms with Crippen molar-refractivity contribution in [1.29, 1.82) is 0 Å². The number of halogens is 2. The van der Waals surface area contributed by atoms with E-state index in [2.05, 4.69) is 25.9 Å². The summed E-state index contributed by atoms with van der Waals surface area (Å²) < 4.78 is 1.03. The Morgan fingerprint density at radius 3 is 2.89 bits per heavy atom. The number of benzene rings is 2. The predicted octanol–water partition coefficient (Wildman–Crippen LogP) is 4.54. The molecule has 0 spiro atoms. The fourth-order valence-corrected chi connectivity index (χ4v) is 2.74. The van der Waals surface area contributed by atoms with Crippen molar-refractivity contribution in [3.63, 3.8) is 0 Å². The van der Waals surface area contributed by atoms with E-state index >= 15 is 0 Å². The highest BCUT2D eigenvalue weighted by Gasteiger charge is 2.12. The summed E-state index contributed by atoms with van der Waals surface area (Å²) in [7, 11) is 0. The summed E-state index contributed by atoms with van der Waals surface area (Å²) in [5.74, 6) is 0.777. The number of nitrogens with two attached hydrogens (primary N) is 1. The third-order valence-electron chi connectivity index (χ3n) is 3.03. The fourth-order valence-electron chi connectivity index (χ4n) is 2.07. The van der Waals surface area contributed by atoms with E-state index in [0.717, 1.165) is 32.5 Å². The lowest BCUT2D eigenvalue weighted by molar-refractivity contribution is 1.31. The van der Waals surface area contributed by atoms with E-state index in [0.29, 0.717) is 10.7 Å². The molecule has 0 aliphatic carbocycles. The van der Waals surface area contributed by atoms with Crippen molar-refractivity contribution in [2.45, 2.75) is 6.92 Å². The number of nitrogens with one attached hydrogen (secondary N) is 1. The Morgan fingerprint density at radius 2 is 2.11 bits per heavy atom. The number of rotatable bonds is 1. The van der Waals surface area contributed by atoms with E-state index < -0.39 is 0 Å². The molecular weight excluding hydrogens is 326 g/mol. The highest BCUT2D eigenvalue weighted by atomic mass is 79.9. The summed E-state index contributed by atoms with van der Waals surface area (Å²) in [6.07, 6.45) is 0. The molecule has 19 heavy (non-hydrogen) atoms. The molecule has 3 N–H and O–H groups in total. The van der Waals surface area contributed by atoms with Crippen LogP contribution in [-0.4, -0.2) is 9.97 Å². The van der Waals surface area contributed by atoms with E-state index in [1.54, 1.807) is 6.07 Å². The molecule has 0 bridgehead atoms. The second-order valence-electron chi connectivity index (χ2n) is 4.41. The van der Waals surface area contributed by atoms with E-state index in [1.807, 2.05) is 31.2 Å². The van der Waals surface area contributed by atoms with Crippen molar-refractivity contribution in [1.82, 2.24) is 9.97 Å². The number of anilines is 1. The van der Waals surface area contributed by atoms with Crippen molar-refractivity contribution in [2.75, 3.05) is 5.73 Å². The van der Waals surface area contributed by atoms with Gasteiger partial charge in [0, 0.05) is 15.1 Å². The van der Waals surface area contributed by atoms with Crippen LogP contribution in [0.4, 0.5) is 5.69 Å². The maximum atomic E-state index is 6.00. The van der Waals surface area contributed by atoms with Gasteiger partial charge in [-0.2, -0.15) is 0 Å². The van der Waals surface area contributed by atoms with Crippen LogP contribution in [0.25, 0.3) is 22.4 Å². The second kappa shape index (κ2) is 4.54. The number of hydrogen-bond donors (Lipinski definition) is 2. The lowest BCUT2D eigenvalue weighted by Crippen LogP contribution is -1.86. The largest absolute Gasteiger partial charge is 0.397 e. The third kappa shape index (κ3) is 2.11. The summed E-state index contributed by atoms with van der Waals surface area (Å²) >= 11 is 9.59. The number of fused-ring (bicyclic) bond motifs is 1. The first-order valence-corrected chi connectivity index (χ1v) is 6.93. The third-order valence-corrected chi connectivity index (χ3v) is 4.30. The molecule has 5 heteroatoms. The maximum Gasteiger partial charge on any atom is 0.139 e. The number of nitrogens with zero attached hydrogens (tertiary/aromatic N) is 1. The molecule has 1 heterocycles. The lowest BCUT2D eigenvalue weighted by Gasteiger charge is -2.03. The van der Waals surface area contributed by atoms with Crippen LogP contribution in [0.3, 0.4) is 0 Å². The average Bonchev–Trinajstić information content (AvgIpc) is 2.76. The lowest BCUT2D eigenvalue weighted by atomic mass is 10.1. The summed E-state index contributed by atoms with van der Waals surface area (Å²) in [4.78, 5) is 7.81. The highest BCUT2D eigenvalue weighted by Crippen LogP contribution is 2.32. The molecule has 0 aliphatic heterocycles. The van der Waals surface area contributed by atoms with Crippen molar-refractivity contribution in [2.24, 2.45) is 0 Å². The second-order valence-corrected chi connectivity index (χ2v) is 5.64. The predicted molar refractivity (Wildman–Crippen MR) is 83.4 cm³/mol. The van der Waals surface area contributed by atoms with Gasteiger partial charge in [0.2, 0.25) is 0 Å². The maximum absolute atomic E-state index is 6.00. The molecule has 1 aromatic heterocycles. The molecule has 0 fully saturated rings. The van der Waals surface area contributed by atoms with Gasteiger partial charge in [-0.25, -0.2) is 4.98 Å². The van der Waals surface area contributed by atoms with Crippen LogP contribution in [0, 0.1) is 6.92 Å². The van der Waals surface area contributed by atoms with Gasteiger partial charge < -0.3 is 10.7 Å². The number of aryl methyl sites for hydroxylation is 1. The zero-order valence-corrected chi connectivity index (χ0v) is 12.5. The Labute approximate surface area is 123 Å². The van der Waals surface area contributed by atoms with Gasteiger partial charge in [-0.05, 0) is 40.5 Å². The van der Waals surface area contributed by atoms with E-state index in [4.69, 9.17) is 17.3 Å². The minimum Gasteiger partial charge on any atom is -0.397 e. The topological polar surface area (TPSA) is 54.7 Å². The first-order valence-electron chi connectivity index (χ1n) is 5.76. The van der Waals surface area contributed by atoms with Gasteiger partial charge >= 0.3 is 0 Å². The molecule has 96 valence electrons. The molecule has 0 saturated carbocycles. The minimum atomic E-state index is 0.578. The van der Waals surface area contributed by atoms with Gasteiger partial charge in [0.15, 0.2) is 0 Å². The van der Waals surface area contributed by atoms with Crippen LogP contribution in [0.15, 0.2) is 34.8 Å². The molecule has 3 nitrogen and oxygen atoms in total. The van der Waals surface area contributed by atoms with Crippen molar-refractivity contribution < 1.29 is 0 Å². The highest BCUT2D eigenvalue weighted by molar-refractivity contribution is 9.10. The summed E-state index contributed by atoms with van der Waals surface area (Å²) in [6, 6.07) is 9.58. The van der Waals surface area contributed by atoms with Crippen molar-refractivity contribution in [3.8, 4) is 11.4 Å². The van der Waals surface area contributed by atoms with Gasteiger partial charge in [0.05, 0.1) is 11.2 Å². The minimum absolute atomic E-state index is 0.578. The van der Waals surface area contributed by atoms with E-state index in [1.165, 1.54) is 0 Å². The number of aromatic amines is 1. The van der Waals surface area contributed by atoms with Gasteiger partial charge in [-0.15, -0.1) is 0 Å². The SMILES string of the molecule is Cc1cccc(-c2nc3c(N)cc(Cl)cc3[nH]2)c1Br. The Morgan fingerprint density at radius 1 is 1.32 bits per heavy atom. The van der Waals surface area contributed by atoms with Gasteiger partial charge in [0.1, 0.15) is 11.3 Å². The van der Waals surface area contributed by atoms with Gasteiger partial charge in [-0.1, -0.05) is 29.8 Å². The van der Waals surface area contributed by atoms with Crippen LogP contribution in [-0.2, 0) is 0 Å². The molecule has 0 amide bonds. The standard InChI is InChI=1S/C14H11BrClN3/c1-7-3-2-4-9(12(7)15)14-18-11-6-8(16)5-10(17)13(11)19-14/h2-6H,17H2,1H3,(H,18,19). The molecule has 0 unspecified atom stereocenters. The summed E-state index contributed by atoms with van der Waals surface area (Å²) in [5.41, 5.74) is 10.3. The molecule has 0 atom stereocenters. The zero-order chi connectivity index (χ0) is 13.6. The van der Waals surface area contributed by atoms with E-state index in [-0.39, 0.29) is 0 Å². The molecule has 3 rings (SSSR count). The van der Waals surface area contributed by atoms with Crippen molar-refractivity contribution >= 4 is 44.3 Å². The molecular formula is C14H11BrClN3. The zero-order valence-electron chi connectivity index (χ0n) is 10.2. The number of nitrogen functional groups attached to an aromatic ring is 1. The number of imidazole rings is 1. The average molecular weight is 337 g/mol. The van der Waals surface area contributed by atoms with Crippen LogP contribution < -0.4 is 5.73 Å². The fraction of sp³-hybridized carbons (Fsp3) is 0.0714. The molecule has 0 aliphatic rings. The quantitative estimate of drug-likeness (QED) is 0.641. The Kier molecular flexibility index (Phi) is 2.99.